The summed E-state index contributed by atoms with van der Waals surface area (Å²) in [6.45, 7) is 2.58. The quantitative estimate of drug-likeness (QED) is 0.670. The Morgan fingerprint density at radius 3 is 2.64 bits per heavy atom. The molecule has 0 atom stereocenters. The Bertz CT molecular complexity index is 736. The fourth-order valence-corrected chi connectivity index (χ4v) is 2.83. The zero-order valence-corrected chi connectivity index (χ0v) is 13.5. The molecule has 0 radical (unpaired) electrons. The predicted molar refractivity (Wildman–Crippen MR) is 84.6 cm³/mol. The second-order valence-corrected chi connectivity index (χ2v) is 5.91. The molecule has 0 spiro atoms. The monoisotopic (exact) mass is 318 g/mol. The topological polar surface area (TPSA) is 61.5 Å². The van der Waals surface area contributed by atoms with Gasteiger partial charge in [-0.25, -0.2) is 0 Å². The largest absolute Gasteiger partial charge is 0.497 e. The third-order valence-electron chi connectivity index (χ3n) is 3.27. The number of benzene rings is 1. The second kappa shape index (κ2) is 6.74. The molecule has 3 rings (SSSR count). The second-order valence-electron chi connectivity index (χ2n) is 4.87. The average molecular weight is 318 g/mol. The van der Waals surface area contributed by atoms with Crippen molar-refractivity contribution >= 4 is 16.3 Å². The number of unbranched alkanes of at least 4 members (excludes halogenated alkanes) is 1. The van der Waals surface area contributed by atoms with E-state index in [1.807, 2.05) is 28.8 Å². The third kappa shape index (κ3) is 3.19. The molecule has 0 bridgehead atoms. The lowest BCUT2D eigenvalue weighted by molar-refractivity contribution is 0.303. The van der Waals surface area contributed by atoms with E-state index in [2.05, 4.69) is 22.2 Å². The number of aryl methyl sites for hydroxylation is 1. The first-order valence-electron chi connectivity index (χ1n) is 7.27. The molecular formula is C15H18N4O2S. The van der Waals surface area contributed by atoms with Crippen molar-refractivity contribution in [3.05, 3.63) is 35.1 Å². The van der Waals surface area contributed by atoms with Gasteiger partial charge in [0.1, 0.15) is 18.1 Å². The molecule has 3 aromatic rings. The van der Waals surface area contributed by atoms with Crippen LogP contribution in [0.3, 0.4) is 0 Å². The molecule has 116 valence electrons. The van der Waals surface area contributed by atoms with Crippen LogP contribution >= 0.6 is 11.3 Å². The van der Waals surface area contributed by atoms with Gasteiger partial charge in [0.05, 0.1) is 7.11 Å². The average Bonchev–Trinajstić information content (AvgIpc) is 3.12. The molecule has 0 fully saturated rings. The first-order valence-corrected chi connectivity index (χ1v) is 8.08. The van der Waals surface area contributed by atoms with Crippen LogP contribution < -0.4 is 9.47 Å². The van der Waals surface area contributed by atoms with Gasteiger partial charge >= 0.3 is 0 Å². The van der Waals surface area contributed by atoms with Crippen molar-refractivity contribution < 1.29 is 9.47 Å². The Labute approximate surface area is 132 Å². The highest BCUT2D eigenvalue weighted by molar-refractivity contribution is 7.16. The molecule has 0 N–H and O–H groups in total. The molecule has 2 heterocycles. The normalized spacial score (nSPS) is 11.0. The minimum atomic E-state index is 0.424. The van der Waals surface area contributed by atoms with Crippen molar-refractivity contribution in [1.82, 2.24) is 19.8 Å². The van der Waals surface area contributed by atoms with Crippen molar-refractivity contribution in [2.45, 2.75) is 32.8 Å². The van der Waals surface area contributed by atoms with E-state index in [1.165, 1.54) is 11.3 Å². The molecule has 2 aromatic heterocycles. The Kier molecular flexibility index (Phi) is 4.53. The predicted octanol–water partition coefficient (Wildman–Crippen LogP) is 3.12. The van der Waals surface area contributed by atoms with E-state index in [9.17, 15) is 0 Å². The molecule has 0 amide bonds. The van der Waals surface area contributed by atoms with Crippen molar-refractivity contribution in [1.29, 1.82) is 0 Å². The summed E-state index contributed by atoms with van der Waals surface area (Å²) in [6.07, 6.45) is 3.13. The van der Waals surface area contributed by atoms with Gasteiger partial charge in [0.25, 0.3) is 0 Å². The van der Waals surface area contributed by atoms with Gasteiger partial charge in [-0.3, -0.25) is 0 Å². The maximum absolute atomic E-state index is 5.74. The fourth-order valence-electron chi connectivity index (χ4n) is 2.06. The molecule has 22 heavy (non-hydrogen) atoms. The first kappa shape index (κ1) is 14.8. The Hall–Kier alpha value is -2.15. The minimum Gasteiger partial charge on any atom is -0.497 e. The van der Waals surface area contributed by atoms with Gasteiger partial charge in [0, 0.05) is 6.42 Å². The smallest absolute Gasteiger partial charge is 0.234 e. The number of ether oxygens (including phenoxy) is 2. The Balaban J connectivity index is 1.67. The molecule has 0 unspecified atom stereocenters. The number of methoxy groups -OCH3 is 1. The number of hydrogen-bond acceptors (Lipinski definition) is 6. The zero-order valence-electron chi connectivity index (χ0n) is 12.7. The van der Waals surface area contributed by atoms with E-state index in [0.29, 0.717) is 6.61 Å². The third-order valence-corrected chi connectivity index (χ3v) is 4.15. The van der Waals surface area contributed by atoms with Crippen LogP contribution in [0.25, 0.3) is 4.96 Å². The van der Waals surface area contributed by atoms with E-state index >= 15 is 0 Å². The van der Waals surface area contributed by atoms with Crippen molar-refractivity contribution in [2.75, 3.05) is 7.11 Å². The van der Waals surface area contributed by atoms with E-state index < -0.39 is 0 Å². The van der Waals surface area contributed by atoms with Crippen LogP contribution in [0.4, 0.5) is 0 Å². The summed E-state index contributed by atoms with van der Waals surface area (Å²) in [5, 5.41) is 13.8. The number of aromatic nitrogens is 4. The van der Waals surface area contributed by atoms with E-state index in [4.69, 9.17) is 9.47 Å². The van der Waals surface area contributed by atoms with Crippen molar-refractivity contribution in [2.24, 2.45) is 0 Å². The number of fused-ring (bicyclic) bond motifs is 1. The van der Waals surface area contributed by atoms with Crippen LogP contribution in [0.1, 0.15) is 30.6 Å². The summed E-state index contributed by atoms with van der Waals surface area (Å²) in [5.74, 6) is 2.52. The van der Waals surface area contributed by atoms with E-state index in [1.54, 1.807) is 7.11 Å². The lowest BCUT2D eigenvalue weighted by Crippen LogP contribution is -1.99. The van der Waals surface area contributed by atoms with Gasteiger partial charge in [-0.05, 0) is 30.7 Å². The molecule has 0 saturated carbocycles. The summed E-state index contributed by atoms with van der Waals surface area (Å²) in [7, 11) is 1.64. The van der Waals surface area contributed by atoms with E-state index in [0.717, 1.165) is 46.6 Å². The Morgan fingerprint density at radius 2 is 1.91 bits per heavy atom. The summed E-state index contributed by atoms with van der Waals surface area (Å²) >= 11 is 1.51. The lowest BCUT2D eigenvalue weighted by atomic mass is 10.2. The van der Waals surface area contributed by atoms with Crippen LogP contribution in [0.2, 0.25) is 0 Å². The van der Waals surface area contributed by atoms with Crippen molar-refractivity contribution in [3.63, 3.8) is 0 Å². The van der Waals surface area contributed by atoms with Gasteiger partial charge in [0.2, 0.25) is 4.96 Å². The van der Waals surface area contributed by atoms with Gasteiger partial charge in [-0.1, -0.05) is 24.7 Å². The highest BCUT2D eigenvalue weighted by Gasteiger charge is 2.11. The standard InChI is InChI=1S/C15H18N4O2S/c1-3-4-5-13-16-17-15-19(13)18-14(22-15)10-21-12-8-6-11(20-2)7-9-12/h6-9H,3-5,10H2,1-2H3. The Morgan fingerprint density at radius 1 is 1.14 bits per heavy atom. The molecule has 1 aromatic carbocycles. The zero-order chi connectivity index (χ0) is 15.4. The van der Waals surface area contributed by atoms with Gasteiger partial charge in [0.15, 0.2) is 10.8 Å². The number of hydrogen-bond donors (Lipinski definition) is 0. The van der Waals surface area contributed by atoms with Gasteiger partial charge < -0.3 is 9.47 Å². The number of rotatable bonds is 7. The molecule has 0 saturated heterocycles. The maximum atomic E-state index is 5.74. The lowest BCUT2D eigenvalue weighted by Gasteiger charge is -2.04. The van der Waals surface area contributed by atoms with E-state index in [-0.39, 0.29) is 0 Å². The highest BCUT2D eigenvalue weighted by Crippen LogP contribution is 2.20. The minimum absolute atomic E-state index is 0.424. The molecular weight excluding hydrogens is 300 g/mol. The van der Waals surface area contributed by atoms with Crippen LogP contribution in [-0.2, 0) is 13.0 Å². The number of nitrogens with zero attached hydrogens (tertiary/aromatic N) is 4. The van der Waals surface area contributed by atoms with Gasteiger partial charge in [-0.2, -0.15) is 9.61 Å². The van der Waals surface area contributed by atoms with Crippen LogP contribution in [0.15, 0.2) is 24.3 Å². The summed E-state index contributed by atoms with van der Waals surface area (Å²) in [5.41, 5.74) is 0. The van der Waals surface area contributed by atoms with Crippen LogP contribution in [-0.4, -0.2) is 26.9 Å². The van der Waals surface area contributed by atoms with Crippen LogP contribution in [0, 0.1) is 0 Å². The summed E-state index contributed by atoms with van der Waals surface area (Å²) in [4.78, 5) is 0.819. The maximum Gasteiger partial charge on any atom is 0.234 e. The molecule has 6 nitrogen and oxygen atoms in total. The molecule has 0 aliphatic carbocycles. The molecule has 0 aliphatic heterocycles. The highest BCUT2D eigenvalue weighted by atomic mass is 32.1. The molecule has 0 aliphatic rings. The van der Waals surface area contributed by atoms with Crippen LogP contribution in [0.5, 0.6) is 11.5 Å². The van der Waals surface area contributed by atoms with Gasteiger partial charge in [-0.15, -0.1) is 10.2 Å². The fraction of sp³-hybridized carbons (Fsp3) is 0.400. The molecule has 7 heteroatoms. The first-order chi connectivity index (χ1) is 10.8. The summed E-state index contributed by atoms with van der Waals surface area (Å²) in [6, 6.07) is 7.51. The SMILES string of the molecule is CCCCc1nnc2sc(COc3ccc(OC)cc3)nn12. The summed E-state index contributed by atoms with van der Waals surface area (Å²) < 4.78 is 12.7. The van der Waals surface area contributed by atoms with Crippen molar-refractivity contribution in [3.8, 4) is 11.5 Å².